The molecule has 33 heavy (non-hydrogen) atoms. The van der Waals surface area contributed by atoms with Gasteiger partial charge in [-0.2, -0.15) is 0 Å². The SMILES string of the molecule is CCOc1cc(/C=C2\SC(=O)N(c3ccccc3F)C2=O)ccc1OCc1ccccc1Cl. The molecule has 0 unspecified atom stereocenters. The highest BCUT2D eigenvalue weighted by Gasteiger charge is 2.37. The lowest BCUT2D eigenvalue weighted by molar-refractivity contribution is -0.113. The molecular weight excluding hydrogens is 465 g/mol. The van der Waals surface area contributed by atoms with Gasteiger partial charge in [0, 0.05) is 10.6 Å². The third-order valence-electron chi connectivity index (χ3n) is 4.79. The summed E-state index contributed by atoms with van der Waals surface area (Å²) in [6, 6.07) is 18.3. The van der Waals surface area contributed by atoms with E-state index < -0.39 is 17.0 Å². The lowest BCUT2D eigenvalue weighted by Crippen LogP contribution is -2.28. The van der Waals surface area contributed by atoms with Gasteiger partial charge in [-0.1, -0.05) is 48.0 Å². The molecule has 0 aliphatic carbocycles. The normalized spacial score (nSPS) is 14.8. The van der Waals surface area contributed by atoms with Gasteiger partial charge in [-0.25, -0.2) is 9.29 Å². The van der Waals surface area contributed by atoms with Crippen LogP contribution < -0.4 is 14.4 Å². The Morgan fingerprint density at radius 1 is 1.00 bits per heavy atom. The van der Waals surface area contributed by atoms with Gasteiger partial charge < -0.3 is 9.47 Å². The zero-order chi connectivity index (χ0) is 23.4. The second kappa shape index (κ2) is 10.1. The Morgan fingerprint density at radius 2 is 1.76 bits per heavy atom. The van der Waals surface area contributed by atoms with Gasteiger partial charge >= 0.3 is 0 Å². The van der Waals surface area contributed by atoms with Crippen molar-refractivity contribution >= 4 is 46.3 Å². The molecule has 1 saturated heterocycles. The third kappa shape index (κ3) is 5.05. The van der Waals surface area contributed by atoms with E-state index in [0.29, 0.717) is 28.7 Å². The number of carbonyl (C=O) groups excluding carboxylic acids is 2. The maximum Gasteiger partial charge on any atom is 0.298 e. The molecule has 168 valence electrons. The number of hydrogen-bond donors (Lipinski definition) is 0. The Labute approximate surface area is 199 Å². The molecule has 0 N–H and O–H groups in total. The molecule has 0 radical (unpaired) electrons. The summed E-state index contributed by atoms with van der Waals surface area (Å²) in [4.78, 5) is 26.3. The van der Waals surface area contributed by atoms with Crippen molar-refractivity contribution in [2.45, 2.75) is 13.5 Å². The number of nitrogens with zero attached hydrogens (tertiary/aromatic N) is 1. The van der Waals surface area contributed by atoms with Crippen molar-refractivity contribution in [3.8, 4) is 11.5 Å². The predicted molar refractivity (Wildman–Crippen MR) is 128 cm³/mol. The van der Waals surface area contributed by atoms with Crippen LogP contribution in [0.5, 0.6) is 11.5 Å². The van der Waals surface area contributed by atoms with E-state index in [9.17, 15) is 14.0 Å². The summed E-state index contributed by atoms with van der Waals surface area (Å²) < 4.78 is 25.7. The van der Waals surface area contributed by atoms with Crippen molar-refractivity contribution in [1.29, 1.82) is 0 Å². The Balaban J connectivity index is 1.57. The zero-order valence-corrected chi connectivity index (χ0v) is 19.2. The Kier molecular flexibility index (Phi) is 7.01. The maximum absolute atomic E-state index is 14.1. The molecule has 0 atom stereocenters. The van der Waals surface area contributed by atoms with E-state index in [-0.39, 0.29) is 17.2 Å². The molecule has 1 fully saturated rings. The molecule has 2 amide bonds. The minimum absolute atomic E-state index is 0.0678. The number of amides is 2. The Morgan fingerprint density at radius 3 is 2.52 bits per heavy atom. The molecule has 4 rings (SSSR count). The number of imide groups is 1. The number of para-hydroxylation sites is 1. The number of thioether (sulfide) groups is 1. The summed E-state index contributed by atoms with van der Waals surface area (Å²) in [5.41, 5.74) is 1.41. The summed E-state index contributed by atoms with van der Waals surface area (Å²) in [5, 5.41) is 0.0544. The average molecular weight is 484 g/mol. The molecule has 0 spiro atoms. The second-order valence-electron chi connectivity index (χ2n) is 6.99. The van der Waals surface area contributed by atoms with Gasteiger partial charge in [-0.15, -0.1) is 0 Å². The van der Waals surface area contributed by atoms with E-state index >= 15 is 0 Å². The van der Waals surface area contributed by atoms with E-state index in [1.165, 1.54) is 18.2 Å². The summed E-state index contributed by atoms with van der Waals surface area (Å²) in [6.07, 6.45) is 1.58. The van der Waals surface area contributed by atoms with Crippen molar-refractivity contribution in [2.24, 2.45) is 0 Å². The standard InChI is InChI=1S/C25H19ClFNO4S/c1-2-31-22-13-16(11-12-21(22)32-15-17-7-3-4-8-18(17)26)14-23-24(29)28(25(30)33-23)20-10-6-5-9-19(20)27/h3-14H,2,15H2,1H3/b23-14-. The topological polar surface area (TPSA) is 55.8 Å². The molecule has 1 heterocycles. The fraction of sp³-hybridized carbons (Fsp3) is 0.120. The summed E-state index contributed by atoms with van der Waals surface area (Å²) in [6.45, 7) is 2.53. The third-order valence-corrected chi connectivity index (χ3v) is 6.03. The Bertz CT molecular complexity index is 1250. The number of ether oxygens (including phenoxy) is 2. The zero-order valence-electron chi connectivity index (χ0n) is 17.6. The minimum atomic E-state index is -0.639. The monoisotopic (exact) mass is 483 g/mol. The number of halogens is 2. The van der Waals surface area contributed by atoms with Crippen molar-refractivity contribution < 1.29 is 23.5 Å². The molecule has 3 aromatic carbocycles. The van der Waals surface area contributed by atoms with Crippen LogP contribution in [-0.4, -0.2) is 17.8 Å². The smallest absolute Gasteiger partial charge is 0.298 e. The number of hydrogen-bond acceptors (Lipinski definition) is 5. The highest BCUT2D eigenvalue weighted by Crippen LogP contribution is 2.38. The molecular formula is C25H19ClFNO4S. The molecule has 1 aliphatic heterocycles. The highest BCUT2D eigenvalue weighted by molar-refractivity contribution is 8.19. The fourth-order valence-corrected chi connectivity index (χ4v) is 4.26. The second-order valence-corrected chi connectivity index (χ2v) is 8.39. The van der Waals surface area contributed by atoms with E-state index in [1.807, 2.05) is 25.1 Å². The van der Waals surface area contributed by atoms with Crippen LogP contribution in [0.2, 0.25) is 5.02 Å². The minimum Gasteiger partial charge on any atom is -0.490 e. The molecule has 0 bridgehead atoms. The number of rotatable bonds is 7. The van der Waals surface area contributed by atoms with Crippen LogP contribution in [0, 0.1) is 5.82 Å². The summed E-state index contributed by atoms with van der Waals surface area (Å²) >= 11 is 6.95. The molecule has 1 aliphatic rings. The highest BCUT2D eigenvalue weighted by atomic mass is 35.5. The first-order chi connectivity index (χ1) is 16.0. The largest absolute Gasteiger partial charge is 0.490 e. The molecule has 0 aromatic heterocycles. The fourth-order valence-electron chi connectivity index (χ4n) is 3.23. The van der Waals surface area contributed by atoms with Crippen LogP contribution in [0.4, 0.5) is 14.9 Å². The molecule has 3 aromatic rings. The van der Waals surface area contributed by atoms with Crippen LogP contribution in [0.25, 0.3) is 6.08 Å². The maximum atomic E-state index is 14.1. The quantitative estimate of drug-likeness (QED) is 0.350. The first kappa shape index (κ1) is 22.9. The summed E-state index contributed by atoms with van der Waals surface area (Å²) in [5.74, 6) is -0.202. The number of carbonyl (C=O) groups is 2. The van der Waals surface area contributed by atoms with Crippen LogP contribution in [-0.2, 0) is 11.4 Å². The molecule has 5 nitrogen and oxygen atoms in total. The van der Waals surface area contributed by atoms with E-state index in [1.54, 1.807) is 36.4 Å². The molecule has 8 heteroatoms. The predicted octanol–water partition coefficient (Wildman–Crippen LogP) is 6.70. The number of benzene rings is 3. The van der Waals surface area contributed by atoms with E-state index in [4.69, 9.17) is 21.1 Å². The van der Waals surface area contributed by atoms with Crippen molar-refractivity contribution in [3.05, 3.63) is 93.6 Å². The Hall–Kier alpha value is -3.29. The van der Waals surface area contributed by atoms with Gasteiger partial charge in [-0.3, -0.25) is 9.59 Å². The average Bonchev–Trinajstić information content (AvgIpc) is 3.07. The number of anilines is 1. The first-order valence-corrected chi connectivity index (χ1v) is 11.3. The van der Waals surface area contributed by atoms with Gasteiger partial charge in [0.25, 0.3) is 11.1 Å². The lowest BCUT2D eigenvalue weighted by atomic mass is 10.1. The van der Waals surface area contributed by atoms with Crippen molar-refractivity contribution in [3.63, 3.8) is 0 Å². The van der Waals surface area contributed by atoms with Gasteiger partial charge in [0.2, 0.25) is 0 Å². The van der Waals surface area contributed by atoms with Crippen molar-refractivity contribution in [2.75, 3.05) is 11.5 Å². The molecule has 0 saturated carbocycles. The van der Waals surface area contributed by atoms with Gasteiger partial charge in [-0.05, 0) is 60.7 Å². The van der Waals surface area contributed by atoms with Crippen LogP contribution in [0.3, 0.4) is 0 Å². The first-order valence-electron chi connectivity index (χ1n) is 10.1. The van der Waals surface area contributed by atoms with Crippen LogP contribution in [0.1, 0.15) is 18.1 Å². The van der Waals surface area contributed by atoms with Crippen LogP contribution >= 0.6 is 23.4 Å². The van der Waals surface area contributed by atoms with Gasteiger partial charge in [0.15, 0.2) is 11.5 Å². The van der Waals surface area contributed by atoms with Crippen molar-refractivity contribution in [1.82, 2.24) is 0 Å². The van der Waals surface area contributed by atoms with Gasteiger partial charge in [0.1, 0.15) is 12.4 Å². The van der Waals surface area contributed by atoms with Gasteiger partial charge in [0.05, 0.1) is 17.2 Å². The van der Waals surface area contributed by atoms with Crippen LogP contribution in [0.15, 0.2) is 71.6 Å². The van der Waals surface area contributed by atoms with E-state index in [0.717, 1.165) is 22.2 Å². The summed E-state index contributed by atoms with van der Waals surface area (Å²) in [7, 11) is 0. The van der Waals surface area contributed by atoms with E-state index in [2.05, 4.69) is 0 Å². The lowest BCUT2D eigenvalue weighted by Gasteiger charge is -2.14.